The van der Waals surface area contributed by atoms with E-state index in [0.29, 0.717) is 6.54 Å². The molecule has 0 fully saturated rings. The molecule has 0 N–H and O–H groups in total. The van der Waals surface area contributed by atoms with Crippen LogP contribution in [0.15, 0.2) is 15.3 Å². The number of nitrogens with zero attached hydrogens (tertiary/aromatic N) is 4. The predicted octanol–water partition coefficient (Wildman–Crippen LogP) is 2.20. The molecule has 0 spiro atoms. The van der Waals surface area contributed by atoms with Crippen LogP contribution in [0.1, 0.15) is 29.7 Å². The average Bonchev–Trinajstić information content (AvgIpc) is 2.72. The number of hydrogen-bond donors (Lipinski definition) is 0. The zero-order valence-corrected chi connectivity index (χ0v) is 13.2. The van der Waals surface area contributed by atoms with Gasteiger partial charge >= 0.3 is 5.69 Å². The minimum atomic E-state index is -0.222. The molecular formula is C13H17BrN4O. The molecule has 0 aromatic carbocycles. The van der Waals surface area contributed by atoms with E-state index in [2.05, 4.69) is 26.0 Å². The number of aryl methyl sites for hydroxylation is 3. The fourth-order valence-electron chi connectivity index (χ4n) is 2.13. The van der Waals surface area contributed by atoms with Crippen molar-refractivity contribution >= 4 is 15.9 Å². The third-order valence-corrected chi connectivity index (χ3v) is 4.29. The van der Waals surface area contributed by atoms with E-state index in [1.165, 1.54) is 0 Å². The van der Waals surface area contributed by atoms with E-state index in [1.807, 2.05) is 38.4 Å². The van der Waals surface area contributed by atoms with Crippen molar-refractivity contribution in [3.05, 3.63) is 43.8 Å². The molecule has 0 aliphatic rings. The fourth-order valence-corrected chi connectivity index (χ4v) is 2.43. The summed E-state index contributed by atoms with van der Waals surface area (Å²) in [6, 6.07) is 2.00. The van der Waals surface area contributed by atoms with Crippen LogP contribution < -0.4 is 5.69 Å². The van der Waals surface area contributed by atoms with Gasteiger partial charge in [-0.05, 0) is 49.7 Å². The van der Waals surface area contributed by atoms with Crippen molar-refractivity contribution in [3.63, 3.8) is 0 Å². The van der Waals surface area contributed by atoms with Gasteiger partial charge in [-0.2, -0.15) is 10.1 Å². The Bertz CT molecular complexity index is 672. The Balaban J connectivity index is 2.49. The second-order valence-electron chi connectivity index (χ2n) is 4.56. The van der Waals surface area contributed by atoms with Gasteiger partial charge in [-0.15, -0.1) is 0 Å². The maximum Gasteiger partial charge on any atom is 0.348 e. The maximum atomic E-state index is 12.0. The minimum absolute atomic E-state index is 0.222. The summed E-state index contributed by atoms with van der Waals surface area (Å²) in [4.78, 5) is 16.0. The molecule has 0 radical (unpaired) electrons. The molecule has 0 bridgehead atoms. The van der Waals surface area contributed by atoms with Crippen LogP contribution >= 0.6 is 15.9 Å². The monoisotopic (exact) mass is 324 g/mol. The number of hydrogen-bond acceptors (Lipinski definition) is 3. The Morgan fingerprint density at radius 3 is 2.63 bits per heavy atom. The van der Waals surface area contributed by atoms with Crippen molar-refractivity contribution in [2.45, 2.75) is 40.8 Å². The molecule has 0 saturated carbocycles. The normalized spacial score (nSPS) is 11.0. The highest BCUT2D eigenvalue weighted by atomic mass is 79.9. The van der Waals surface area contributed by atoms with Gasteiger partial charge in [-0.3, -0.25) is 9.25 Å². The summed E-state index contributed by atoms with van der Waals surface area (Å²) in [6.45, 7) is 9.01. The molecule has 2 rings (SSSR count). The molecular weight excluding hydrogens is 308 g/mol. The first kappa shape index (κ1) is 14.0. The molecule has 0 aliphatic carbocycles. The fraction of sp³-hybridized carbons (Fsp3) is 0.462. The molecule has 5 nitrogen and oxygen atoms in total. The van der Waals surface area contributed by atoms with Crippen LogP contribution in [0.5, 0.6) is 0 Å². The lowest BCUT2D eigenvalue weighted by molar-refractivity contribution is 0.579. The van der Waals surface area contributed by atoms with Crippen molar-refractivity contribution in [2.24, 2.45) is 0 Å². The molecule has 19 heavy (non-hydrogen) atoms. The van der Waals surface area contributed by atoms with Gasteiger partial charge in [-0.1, -0.05) is 0 Å². The van der Waals surface area contributed by atoms with Crippen LogP contribution in [0.4, 0.5) is 0 Å². The second-order valence-corrected chi connectivity index (χ2v) is 5.35. The highest BCUT2D eigenvalue weighted by Crippen LogP contribution is 2.17. The number of aromatic nitrogens is 4. The zero-order chi connectivity index (χ0) is 14.2. The largest absolute Gasteiger partial charge is 0.348 e. The van der Waals surface area contributed by atoms with E-state index in [-0.39, 0.29) is 5.69 Å². The van der Waals surface area contributed by atoms with Crippen LogP contribution in [-0.4, -0.2) is 19.3 Å². The maximum absolute atomic E-state index is 12.0. The van der Waals surface area contributed by atoms with Gasteiger partial charge < -0.3 is 0 Å². The average molecular weight is 325 g/mol. The van der Waals surface area contributed by atoms with E-state index in [1.54, 1.807) is 4.57 Å². The topological polar surface area (TPSA) is 52.7 Å². The summed E-state index contributed by atoms with van der Waals surface area (Å²) in [6.07, 6.45) is 0. The summed E-state index contributed by atoms with van der Waals surface area (Å²) < 4.78 is 4.46. The molecule has 0 saturated heterocycles. The van der Waals surface area contributed by atoms with Crippen LogP contribution in [0, 0.1) is 20.8 Å². The second kappa shape index (κ2) is 5.28. The molecule has 6 heteroatoms. The van der Waals surface area contributed by atoms with Gasteiger partial charge in [0.05, 0.1) is 28.1 Å². The van der Waals surface area contributed by atoms with E-state index < -0.39 is 0 Å². The van der Waals surface area contributed by atoms with Crippen molar-refractivity contribution in [1.29, 1.82) is 0 Å². The Labute approximate surface area is 120 Å². The van der Waals surface area contributed by atoms with Crippen molar-refractivity contribution in [3.8, 4) is 0 Å². The van der Waals surface area contributed by atoms with Gasteiger partial charge in [0.2, 0.25) is 0 Å². The number of halogens is 1. The lowest BCUT2D eigenvalue weighted by Crippen LogP contribution is -2.27. The summed E-state index contributed by atoms with van der Waals surface area (Å²) in [7, 11) is 0. The molecule has 0 atom stereocenters. The first-order valence-corrected chi connectivity index (χ1v) is 7.00. The van der Waals surface area contributed by atoms with Crippen molar-refractivity contribution in [2.75, 3.05) is 0 Å². The quantitative estimate of drug-likeness (QED) is 0.869. The summed E-state index contributed by atoms with van der Waals surface area (Å²) in [5, 5.41) is 4.39. The Hall–Kier alpha value is -1.43. The molecule has 102 valence electrons. The Kier molecular flexibility index (Phi) is 3.89. The van der Waals surface area contributed by atoms with Gasteiger partial charge in [0.15, 0.2) is 0 Å². The highest BCUT2D eigenvalue weighted by molar-refractivity contribution is 9.10. The van der Waals surface area contributed by atoms with Gasteiger partial charge in [-0.25, -0.2) is 4.79 Å². The summed E-state index contributed by atoms with van der Waals surface area (Å²) >= 11 is 3.47. The van der Waals surface area contributed by atoms with Crippen molar-refractivity contribution < 1.29 is 0 Å². The highest BCUT2D eigenvalue weighted by Gasteiger charge is 2.12. The first-order valence-electron chi connectivity index (χ1n) is 6.21. The van der Waals surface area contributed by atoms with E-state index in [4.69, 9.17) is 0 Å². The third kappa shape index (κ3) is 2.63. The van der Waals surface area contributed by atoms with Crippen LogP contribution in [0.3, 0.4) is 0 Å². The van der Waals surface area contributed by atoms with Crippen molar-refractivity contribution in [1.82, 2.24) is 19.3 Å². The van der Waals surface area contributed by atoms with Crippen LogP contribution in [0.2, 0.25) is 0 Å². The zero-order valence-electron chi connectivity index (χ0n) is 11.6. The SMILES string of the molecule is CCn1nc(C)cc1Cn1c(C)c(Br)c(C)nc1=O. The number of rotatable bonds is 3. The minimum Gasteiger partial charge on any atom is -0.289 e. The first-order chi connectivity index (χ1) is 8.93. The molecule has 2 aromatic heterocycles. The molecule has 0 amide bonds. The third-order valence-electron chi connectivity index (χ3n) is 3.14. The lowest BCUT2D eigenvalue weighted by Gasteiger charge is -2.12. The van der Waals surface area contributed by atoms with E-state index in [0.717, 1.165) is 33.8 Å². The Morgan fingerprint density at radius 1 is 1.32 bits per heavy atom. The van der Waals surface area contributed by atoms with E-state index >= 15 is 0 Å². The van der Waals surface area contributed by atoms with Gasteiger partial charge in [0.25, 0.3) is 0 Å². The standard InChI is InChI=1S/C13H17BrN4O/c1-5-18-11(6-8(2)16-18)7-17-10(4)12(14)9(3)15-13(17)19/h6H,5,7H2,1-4H3. The van der Waals surface area contributed by atoms with Gasteiger partial charge in [0.1, 0.15) is 0 Å². The Morgan fingerprint density at radius 2 is 2.00 bits per heavy atom. The van der Waals surface area contributed by atoms with E-state index in [9.17, 15) is 4.79 Å². The molecule has 2 aromatic rings. The summed E-state index contributed by atoms with van der Waals surface area (Å²) in [5.41, 5.74) is 3.36. The molecule has 2 heterocycles. The van der Waals surface area contributed by atoms with Crippen LogP contribution in [0.25, 0.3) is 0 Å². The molecule has 0 unspecified atom stereocenters. The van der Waals surface area contributed by atoms with Crippen LogP contribution in [-0.2, 0) is 13.1 Å². The summed E-state index contributed by atoms with van der Waals surface area (Å²) in [5.74, 6) is 0. The predicted molar refractivity (Wildman–Crippen MR) is 77.4 cm³/mol. The smallest absolute Gasteiger partial charge is 0.289 e. The lowest BCUT2D eigenvalue weighted by atomic mass is 10.3. The molecule has 0 aliphatic heterocycles. The van der Waals surface area contributed by atoms with Gasteiger partial charge in [0, 0.05) is 12.2 Å².